The van der Waals surface area contributed by atoms with E-state index in [9.17, 15) is 14.4 Å². The monoisotopic (exact) mass is 433 g/mol. The van der Waals surface area contributed by atoms with Gasteiger partial charge in [0.05, 0.1) is 11.4 Å². The van der Waals surface area contributed by atoms with Crippen molar-refractivity contribution < 1.29 is 23.5 Å². The topological polar surface area (TPSA) is 76.8 Å². The van der Waals surface area contributed by atoms with E-state index in [2.05, 4.69) is 0 Å². The van der Waals surface area contributed by atoms with Gasteiger partial charge in [-0.1, -0.05) is 42.5 Å². The number of benzene rings is 2. The van der Waals surface area contributed by atoms with Crippen LogP contribution in [0.15, 0.2) is 76.1 Å². The summed E-state index contributed by atoms with van der Waals surface area (Å²) in [7, 11) is 0. The van der Waals surface area contributed by atoms with Gasteiger partial charge in [-0.2, -0.15) is 0 Å². The third-order valence-corrected chi connectivity index (χ3v) is 5.58. The molecular weight excluding hydrogens is 414 g/mol. The summed E-state index contributed by atoms with van der Waals surface area (Å²) >= 11 is 0.879. The lowest BCUT2D eigenvalue weighted by atomic mass is 10.1. The molecule has 0 unspecified atom stereocenters. The minimum absolute atomic E-state index is 0.00317. The molecule has 4 rings (SSSR count). The van der Waals surface area contributed by atoms with Gasteiger partial charge in [-0.25, -0.2) is 0 Å². The second-order valence-corrected chi connectivity index (χ2v) is 7.82. The summed E-state index contributed by atoms with van der Waals surface area (Å²) in [6.07, 6.45) is 1.57. The zero-order valence-electron chi connectivity index (χ0n) is 16.7. The van der Waals surface area contributed by atoms with E-state index < -0.39 is 0 Å². The zero-order chi connectivity index (χ0) is 21.8. The molecule has 0 saturated carbocycles. The number of hydrogen-bond acceptors (Lipinski definition) is 6. The molecule has 3 aromatic rings. The number of imide groups is 1. The number of hydrogen-bond donors (Lipinski definition) is 0. The first-order valence-corrected chi connectivity index (χ1v) is 10.5. The minimum Gasteiger partial charge on any atom is -0.492 e. The number of carbonyl (C=O) groups is 3. The van der Waals surface area contributed by atoms with E-state index in [1.807, 2.05) is 30.3 Å². The molecule has 1 aliphatic heterocycles. The molecular formula is C24H19NO5S. The van der Waals surface area contributed by atoms with Gasteiger partial charge in [-0.15, -0.1) is 0 Å². The van der Waals surface area contributed by atoms with Gasteiger partial charge in [-0.3, -0.25) is 19.3 Å². The predicted octanol–water partition coefficient (Wildman–Crippen LogP) is 5.26. The highest BCUT2D eigenvalue weighted by molar-refractivity contribution is 8.18. The highest BCUT2D eigenvalue weighted by atomic mass is 32.2. The summed E-state index contributed by atoms with van der Waals surface area (Å²) in [4.78, 5) is 37.8. The van der Waals surface area contributed by atoms with Crippen LogP contribution in [0.3, 0.4) is 0 Å². The highest BCUT2D eigenvalue weighted by Crippen LogP contribution is 2.33. The van der Waals surface area contributed by atoms with Gasteiger partial charge in [0.15, 0.2) is 5.78 Å². The quantitative estimate of drug-likeness (QED) is 0.373. The lowest BCUT2D eigenvalue weighted by Crippen LogP contribution is -2.32. The average Bonchev–Trinajstić information content (AvgIpc) is 3.34. The number of amides is 2. The third kappa shape index (κ3) is 4.78. The van der Waals surface area contributed by atoms with Crippen LogP contribution in [0, 0.1) is 0 Å². The first-order chi connectivity index (χ1) is 15.0. The fraction of sp³-hybridized carbons (Fsp3) is 0.125. The van der Waals surface area contributed by atoms with Gasteiger partial charge in [0.1, 0.15) is 23.9 Å². The SMILES string of the molecule is CC(=O)c1ccc(-c2ccc(/C=C3\SC(=O)N(CCOc4ccccc4)C3=O)o2)cc1. The van der Waals surface area contributed by atoms with E-state index in [4.69, 9.17) is 9.15 Å². The number of para-hydroxylation sites is 1. The number of rotatable bonds is 7. The molecule has 0 spiro atoms. The number of ether oxygens (including phenoxy) is 1. The lowest BCUT2D eigenvalue weighted by Gasteiger charge is -2.13. The molecule has 2 aromatic carbocycles. The van der Waals surface area contributed by atoms with Crippen molar-refractivity contribution in [1.82, 2.24) is 4.90 Å². The summed E-state index contributed by atoms with van der Waals surface area (Å²) in [6, 6.07) is 19.8. The Morgan fingerprint density at radius 3 is 2.48 bits per heavy atom. The van der Waals surface area contributed by atoms with Crippen molar-refractivity contribution in [3.8, 4) is 17.1 Å². The highest BCUT2D eigenvalue weighted by Gasteiger charge is 2.35. The Morgan fingerprint density at radius 2 is 1.77 bits per heavy atom. The fourth-order valence-corrected chi connectivity index (χ4v) is 3.89. The van der Waals surface area contributed by atoms with Crippen molar-refractivity contribution in [3.05, 3.63) is 83.0 Å². The van der Waals surface area contributed by atoms with E-state index >= 15 is 0 Å². The molecule has 0 radical (unpaired) electrons. The normalized spacial score (nSPS) is 15.0. The van der Waals surface area contributed by atoms with Crippen LogP contribution in [0.4, 0.5) is 4.79 Å². The maximum absolute atomic E-state index is 12.6. The third-order valence-electron chi connectivity index (χ3n) is 4.68. The van der Waals surface area contributed by atoms with Crippen molar-refractivity contribution >= 4 is 34.8 Å². The Hall–Kier alpha value is -3.58. The van der Waals surface area contributed by atoms with E-state index in [0.717, 1.165) is 17.3 Å². The molecule has 0 aliphatic carbocycles. The van der Waals surface area contributed by atoms with Crippen LogP contribution in [0.25, 0.3) is 17.4 Å². The minimum atomic E-state index is -0.365. The molecule has 0 N–H and O–H groups in total. The van der Waals surface area contributed by atoms with Crippen molar-refractivity contribution in [2.75, 3.05) is 13.2 Å². The average molecular weight is 433 g/mol. The standard InChI is InChI=1S/C24H19NO5S/c1-16(26)17-7-9-18(10-8-17)21-12-11-20(30-21)15-22-23(27)25(24(28)31-22)13-14-29-19-5-3-2-4-6-19/h2-12,15H,13-14H2,1H3/b22-15-. The number of carbonyl (C=O) groups excluding carboxylic acids is 3. The van der Waals surface area contributed by atoms with E-state index in [1.165, 1.54) is 11.8 Å². The maximum Gasteiger partial charge on any atom is 0.293 e. The molecule has 2 heterocycles. The number of Topliss-reactive ketones (excluding diaryl/α,β-unsaturated/α-hetero) is 1. The largest absolute Gasteiger partial charge is 0.492 e. The predicted molar refractivity (Wildman–Crippen MR) is 119 cm³/mol. The van der Waals surface area contributed by atoms with Crippen LogP contribution in [-0.2, 0) is 4.79 Å². The fourth-order valence-electron chi connectivity index (χ4n) is 3.05. The maximum atomic E-state index is 12.6. The molecule has 1 fully saturated rings. The zero-order valence-corrected chi connectivity index (χ0v) is 17.6. The first-order valence-electron chi connectivity index (χ1n) is 9.66. The van der Waals surface area contributed by atoms with E-state index in [0.29, 0.717) is 27.7 Å². The van der Waals surface area contributed by atoms with E-state index in [1.54, 1.807) is 42.5 Å². The summed E-state index contributed by atoms with van der Waals surface area (Å²) < 4.78 is 11.4. The first kappa shape index (κ1) is 20.7. The smallest absolute Gasteiger partial charge is 0.293 e. The van der Waals surface area contributed by atoms with Gasteiger partial charge < -0.3 is 9.15 Å². The Morgan fingerprint density at radius 1 is 1.03 bits per heavy atom. The van der Waals surface area contributed by atoms with Crippen LogP contribution in [0.5, 0.6) is 5.75 Å². The van der Waals surface area contributed by atoms with Crippen LogP contribution >= 0.6 is 11.8 Å². The van der Waals surface area contributed by atoms with Crippen LogP contribution in [0.2, 0.25) is 0 Å². The van der Waals surface area contributed by atoms with Crippen molar-refractivity contribution in [2.45, 2.75) is 6.92 Å². The van der Waals surface area contributed by atoms with Gasteiger partial charge in [-0.05, 0) is 43.0 Å². The molecule has 31 heavy (non-hydrogen) atoms. The number of furan rings is 1. The molecule has 7 heteroatoms. The van der Waals surface area contributed by atoms with Crippen LogP contribution in [-0.4, -0.2) is 35.0 Å². The van der Waals surface area contributed by atoms with Gasteiger partial charge >= 0.3 is 0 Å². The summed E-state index contributed by atoms with van der Waals surface area (Å²) in [5.41, 5.74) is 1.44. The van der Waals surface area contributed by atoms with E-state index in [-0.39, 0.29) is 30.1 Å². The molecule has 156 valence electrons. The molecule has 2 amide bonds. The molecule has 0 atom stereocenters. The van der Waals surface area contributed by atoms with Crippen LogP contribution < -0.4 is 4.74 Å². The molecule has 0 bridgehead atoms. The molecule has 1 saturated heterocycles. The lowest BCUT2D eigenvalue weighted by molar-refractivity contribution is -0.123. The molecule has 1 aromatic heterocycles. The summed E-state index contributed by atoms with van der Waals surface area (Å²) in [6.45, 7) is 1.90. The van der Waals surface area contributed by atoms with Crippen molar-refractivity contribution in [1.29, 1.82) is 0 Å². The Kier molecular flexibility index (Phi) is 6.04. The number of ketones is 1. The van der Waals surface area contributed by atoms with Crippen LogP contribution in [0.1, 0.15) is 23.0 Å². The summed E-state index contributed by atoms with van der Waals surface area (Å²) in [5.74, 6) is 1.39. The van der Waals surface area contributed by atoms with Crippen molar-refractivity contribution in [3.63, 3.8) is 0 Å². The molecule has 1 aliphatic rings. The Bertz CT molecular complexity index is 1150. The van der Waals surface area contributed by atoms with Gasteiger partial charge in [0.25, 0.3) is 11.1 Å². The number of nitrogens with zero attached hydrogens (tertiary/aromatic N) is 1. The second-order valence-electron chi connectivity index (χ2n) is 6.83. The van der Waals surface area contributed by atoms with Gasteiger partial charge in [0.2, 0.25) is 0 Å². The summed E-state index contributed by atoms with van der Waals surface area (Å²) in [5, 5.41) is -0.334. The van der Waals surface area contributed by atoms with Gasteiger partial charge in [0, 0.05) is 17.2 Å². The second kappa shape index (κ2) is 9.06. The molecule has 6 nitrogen and oxygen atoms in total. The van der Waals surface area contributed by atoms with Crippen molar-refractivity contribution in [2.24, 2.45) is 0 Å². The Labute approximate surface area is 183 Å². The Balaban J connectivity index is 1.41. The number of thioether (sulfide) groups is 1.